The van der Waals surface area contributed by atoms with Gasteiger partial charge >= 0.3 is 11.3 Å². The number of non-ortho nitro benzene ring substituents is 1. The van der Waals surface area contributed by atoms with Crippen LogP contribution in [0.25, 0.3) is 0 Å². The summed E-state index contributed by atoms with van der Waals surface area (Å²) in [5.74, 6) is -0.538. The molecule has 1 aliphatic rings. The maximum atomic E-state index is 11.3. The maximum Gasteiger partial charge on any atom is 0.344 e. The van der Waals surface area contributed by atoms with Gasteiger partial charge in [-0.2, -0.15) is 4.21 Å². The molecule has 1 unspecified atom stereocenters. The number of carbonyl (C=O) groups is 1. The molecule has 2 rings (SSSR count). The summed E-state index contributed by atoms with van der Waals surface area (Å²) >= 11 is -1.99. The number of nitrogens with zero attached hydrogens (tertiary/aromatic N) is 3. The molecule has 0 bridgehead atoms. The minimum absolute atomic E-state index is 0.0153. The monoisotopic (exact) mass is 269 g/mol. The second kappa shape index (κ2) is 4.53. The van der Waals surface area contributed by atoms with E-state index in [1.807, 2.05) is 0 Å². The first-order valence-electron chi connectivity index (χ1n) is 4.73. The molecule has 9 heteroatoms. The number of amides is 1. The first-order chi connectivity index (χ1) is 8.49. The van der Waals surface area contributed by atoms with Crippen LogP contribution in [-0.2, 0) is 20.2 Å². The maximum absolute atomic E-state index is 11.3. The Bertz CT molecular complexity index is 568. The zero-order chi connectivity index (χ0) is 13.3. The second-order valence-electron chi connectivity index (χ2n) is 3.30. The van der Waals surface area contributed by atoms with E-state index in [4.69, 9.17) is 4.18 Å². The summed E-state index contributed by atoms with van der Waals surface area (Å²) in [5.41, 5.74) is 0.319. The summed E-state index contributed by atoms with van der Waals surface area (Å²) in [4.78, 5) is 21.0. The predicted molar refractivity (Wildman–Crippen MR) is 61.4 cm³/mol. The summed E-state index contributed by atoms with van der Waals surface area (Å²) < 4.78 is 16.9. The molecule has 0 aromatic heterocycles. The van der Waals surface area contributed by atoms with Crippen LogP contribution in [-0.4, -0.2) is 25.4 Å². The molecular formula is C9H7N3O5S. The Morgan fingerprint density at radius 2 is 2.06 bits per heavy atom. The second-order valence-corrected chi connectivity index (χ2v) is 4.25. The highest BCUT2D eigenvalue weighted by atomic mass is 32.2. The topological polar surface area (TPSA) is 102 Å². The van der Waals surface area contributed by atoms with Crippen molar-refractivity contribution in [2.75, 3.05) is 0 Å². The molecular weight excluding hydrogens is 262 g/mol. The normalized spacial score (nSPS) is 18.2. The highest BCUT2D eigenvalue weighted by molar-refractivity contribution is 7.79. The number of hydrazone groups is 1. The molecule has 0 N–H and O–H groups in total. The van der Waals surface area contributed by atoms with Gasteiger partial charge in [-0.1, -0.05) is 0 Å². The number of carbonyl (C=O) groups excluding carboxylic acids is 1. The van der Waals surface area contributed by atoms with Gasteiger partial charge in [0.2, 0.25) is 0 Å². The van der Waals surface area contributed by atoms with Crippen molar-refractivity contribution in [3.8, 4) is 0 Å². The molecule has 1 heterocycles. The van der Waals surface area contributed by atoms with Crippen LogP contribution in [0.15, 0.2) is 29.4 Å². The molecule has 0 radical (unpaired) electrons. The van der Waals surface area contributed by atoms with Crippen LogP contribution in [0.3, 0.4) is 0 Å². The summed E-state index contributed by atoms with van der Waals surface area (Å²) in [6.07, 6.45) is 0. The molecule has 1 aromatic rings. The third-order valence-corrected chi connectivity index (χ3v) is 2.99. The van der Waals surface area contributed by atoms with Gasteiger partial charge in [-0.15, -0.1) is 9.52 Å². The number of nitro benzene ring substituents is 1. The Kier molecular flexibility index (Phi) is 3.06. The molecule has 1 amide bonds. The molecule has 0 spiro atoms. The SMILES string of the molecule is CC(=O)N1N=C(c2ccc([N+](=O)[O-])cc2)OS1=O. The third-order valence-electron chi connectivity index (χ3n) is 2.07. The number of benzene rings is 1. The van der Waals surface area contributed by atoms with Crippen molar-refractivity contribution < 1.29 is 18.1 Å². The lowest BCUT2D eigenvalue weighted by Crippen LogP contribution is -2.21. The Balaban J connectivity index is 2.28. The summed E-state index contributed by atoms with van der Waals surface area (Å²) in [5, 5.41) is 14.2. The van der Waals surface area contributed by atoms with Crippen molar-refractivity contribution in [1.82, 2.24) is 4.41 Å². The Morgan fingerprint density at radius 3 is 2.50 bits per heavy atom. The first kappa shape index (κ1) is 12.2. The zero-order valence-electron chi connectivity index (χ0n) is 9.10. The van der Waals surface area contributed by atoms with Crippen molar-refractivity contribution in [3.05, 3.63) is 39.9 Å². The van der Waals surface area contributed by atoms with E-state index in [1.54, 1.807) is 0 Å². The molecule has 0 saturated heterocycles. The van der Waals surface area contributed by atoms with Gasteiger partial charge in [0.25, 0.3) is 17.5 Å². The molecule has 94 valence electrons. The van der Waals surface area contributed by atoms with E-state index in [1.165, 1.54) is 31.2 Å². The van der Waals surface area contributed by atoms with Crippen molar-refractivity contribution in [3.63, 3.8) is 0 Å². The van der Waals surface area contributed by atoms with E-state index in [-0.39, 0.29) is 11.6 Å². The lowest BCUT2D eigenvalue weighted by atomic mass is 10.2. The fourth-order valence-electron chi connectivity index (χ4n) is 1.24. The lowest BCUT2D eigenvalue weighted by molar-refractivity contribution is -0.384. The zero-order valence-corrected chi connectivity index (χ0v) is 9.92. The van der Waals surface area contributed by atoms with E-state index in [2.05, 4.69) is 5.10 Å². The largest absolute Gasteiger partial charge is 0.361 e. The number of hydrogen-bond donors (Lipinski definition) is 0. The molecule has 0 saturated carbocycles. The van der Waals surface area contributed by atoms with Gasteiger partial charge in [-0.05, 0) is 12.1 Å². The number of rotatable bonds is 2. The number of nitro groups is 1. The van der Waals surface area contributed by atoms with Crippen molar-refractivity contribution in [1.29, 1.82) is 0 Å². The first-order valence-corrected chi connectivity index (χ1v) is 5.76. The van der Waals surface area contributed by atoms with Crippen LogP contribution < -0.4 is 0 Å². The van der Waals surface area contributed by atoms with Crippen LogP contribution in [0.1, 0.15) is 12.5 Å². The summed E-state index contributed by atoms with van der Waals surface area (Å²) in [6.45, 7) is 1.20. The van der Waals surface area contributed by atoms with Gasteiger partial charge in [-0.3, -0.25) is 14.9 Å². The van der Waals surface area contributed by atoms with Gasteiger partial charge < -0.3 is 4.18 Å². The third kappa shape index (κ3) is 2.20. The molecule has 18 heavy (non-hydrogen) atoms. The Labute approximate surface area is 104 Å². The molecule has 1 aromatic carbocycles. The highest BCUT2D eigenvalue weighted by Gasteiger charge is 2.29. The van der Waals surface area contributed by atoms with E-state index in [9.17, 15) is 19.1 Å². The van der Waals surface area contributed by atoms with E-state index >= 15 is 0 Å². The Hall–Kier alpha value is -2.29. The van der Waals surface area contributed by atoms with E-state index in [0.29, 0.717) is 9.98 Å². The Morgan fingerprint density at radius 1 is 1.44 bits per heavy atom. The highest BCUT2D eigenvalue weighted by Crippen LogP contribution is 2.18. The van der Waals surface area contributed by atoms with Crippen LogP contribution in [0.4, 0.5) is 5.69 Å². The number of hydrogen-bond acceptors (Lipinski definition) is 6. The van der Waals surface area contributed by atoms with Gasteiger partial charge in [0, 0.05) is 24.6 Å². The molecule has 8 nitrogen and oxygen atoms in total. The van der Waals surface area contributed by atoms with Gasteiger partial charge in [-0.25, -0.2) is 0 Å². The van der Waals surface area contributed by atoms with Gasteiger partial charge in [0.1, 0.15) is 0 Å². The van der Waals surface area contributed by atoms with E-state index < -0.39 is 22.1 Å². The van der Waals surface area contributed by atoms with Crippen molar-refractivity contribution >= 4 is 28.8 Å². The average molecular weight is 269 g/mol. The quantitative estimate of drug-likeness (QED) is 0.581. The molecule has 0 fully saturated rings. The summed E-state index contributed by atoms with van der Waals surface area (Å²) in [7, 11) is 0. The van der Waals surface area contributed by atoms with Crippen LogP contribution in [0, 0.1) is 10.1 Å². The van der Waals surface area contributed by atoms with Crippen LogP contribution >= 0.6 is 0 Å². The predicted octanol–water partition coefficient (Wildman–Crippen LogP) is 0.714. The van der Waals surface area contributed by atoms with Crippen molar-refractivity contribution in [2.24, 2.45) is 5.10 Å². The van der Waals surface area contributed by atoms with Gasteiger partial charge in [0.05, 0.1) is 4.92 Å². The van der Waals surface area contributed by atoms with Gasteiger partial charge in [0.15, 0.2) is 0 Å². The summed E-state index contributed by atoms with van der Waals surface area (Å²) in [6, 6.07) is 5.33. The van der Waals surface area contributed by atoms with E-state index in [0.717, 1.165) is 0 Å². The average Bonchev–Trinajstić information content (AvgIpc) is 2.71. The fraction of sp³-hybridized carbons (Fsp3) is 0.111. The lowest BCUT2D eigenvalue weighted by Gasteiger charge is -2.00. The van der Waals surface area contributed by atoms with Crippen LogP contribution in [0.5, 0.6) is 0 Å². The van der Waals surface area contributed by atoms with Crippen molar-refractivity contribution in [2.45, 2.75) is 6.92 Å². The molecule has 1 atom stereocenters. The fourth-order valence-corrected chi connectivity index (χ4v) is 1.93. The smallest absolute Gasteiger partial charge is 0.344 e. The minimum Gasteiger partial charge on any atom is -0.361 e. The molecule has 1 aliphatic heterocycles. The molecule has 0 aliphatic carbocycles. The minimum atomic E-state index is -1.99. The van der Waals surface area contributed by atoms with Crippen LogP contribution in [0.2, 0.25) is 0 Å². The standard InChI is InChI=1S/C9H7N3O5S/c1-6(13)11-10-9(17-18(11)16)7-2-4-8(5-3-7)12(14)15/h2-5H,1H3.